The van der Waals surface area contributed by atoms with Crippen molar-refractivity contribution in [3.8, 4) is 0 Å². The summed E-state index contributed by atoms with van der Waals surface area (Å²) in [5.41, 5.74) is 0.647. The molecule has 0 spiro atoms. The summed E-state index contributed by atoms with van der Waals surface area (Å²) < 4.78 is 15.5. The normalized spacial score (nSPS) is 16.6. The number of rotatable bonds is 18. The molecule has 0 saturated carbocycles. The molecule has 1 heterocycles. The maximum absolute atomic E-state index is 13.4. The second kappa shape index (κ2) is 17.3. The van der Waals surface area contributed by atoms with Gasteiger partial charge in [-0.05, 0) is 30.6 Å². The summed E-state index contributed by atoms with van der Waals surface area (Å²) in [4.78, 5) is 63.7. The van der Waals surface area contributed by atoms with Gasteiger partial charge in [-0.2, -0.15) is 0 Å². The minimum atomic E-state index is -1.69. The van der Waals surface area contributed by atoms with E-state index in [-0.39, 0.29) is 25.4 Å². The molecule has 1 saturated heterocycles. The zero-order valence-corrected chi connectivity index (χ0v) is 22.7. The Morgan fingerprint density at radius 1 is 0.974 bits per heavy atom. The average Bonchev–Trinajstić information content (AvgIpc) is 3.32. The van der Waals surface area contributed by atoms with Gasteiger partial charge in [0.15, 0.2) is 23.8 Å². The molecule has 1 aliphatic rings. The zero-order chi connectivity index (χ0) is 28.6. The molecule has 0 aliphatic carbocycles. The minimum absolute atomic E-state index is 0.0741. The third-order valence-electron chi connectivity index (χ3n) is 6.41. The number of nitrogens with zero attached hydrogens (tertiary/aromatic N) is 1. The second-order valence-corrected chi connectivity index (χ2v) is 9.40. The number of benzene rings is 1. The fraction of sp³-hybridized carbons (Fsp3) is 0.552. The number of ketones is 2. The van der Waals surface area contributed by atoms with E-state index >= 15 is 0 Å². The van der Waals surface area contributed by atoms with E-state index in [0.717, 1.165) is 76.0 Å². The summed E-state index contributed by atoms with van der Waals surface area (Å²) in [6.07, 6.45) is 5.80. The van der Waals surface area contributed by atoms with Gasteiger partial charge in [0, 0.05) is 27.1 Å². The number of ether oxygens (including phenoxy) is 3. The second-order valence-electron chi connectivity index (χ2n) is 9.40. The molecule has 2 rings (SSSR count). The zero-order valence-electron chi connectivity index (χ0n) is 22.7. The van der Waals surface area contributed by atoms with Gasteiger partial charge < -0.3 is 19.3 Å². The fourth-order valence-corrected chi connectivity index (χ4v) is 4.35. The number of methoxy groups -OCH3 is 1. The fourth-order valence-electron chi connectivity index (χ4n) is 4.35. The summed E-state index contributed by atoms with van der Waals surface area (Å²) in [5, 5.41) is 8.78. The average molecular weight is 546 g/mol. The van der Waals surface area contributed by atoms with Crippen molar-refractivity contribution >= 4 is 29.5 Å². The molecule has 214 valence electrons. The van der Waals surface area contributed by atoms with Gasteiger partial charge in [0.1, 0.15) is 12.6 Å². The molecule has 3 unspecified atom stereocenters. The van der Waals surface area contributed by atoms with Crippen molar-refractivity contribution in [1.29, 1.82) is 0 Å². The number of imide groups is 1. The van der Waals surface area contributed by atoms with E-state index in [0.29, 0.717) is 12.0 Å². The Labute approximate surface area is 229 Å². The van der Waals surface area contributed by atoms with E-state index in [9.17, 15) is 24.0 Å². The van der Waals surface area contributed by atoms with Crippen molar-refractivity contribution in [2.24, 2.45) is 0 Å². The van der Waals surface area contributed by atoms with Crippen LogP contribution in [0.1, 0.15) is 76.3 Å². The van der Waals surface area contributed by atoms with Gasteiger partial charge in [-0.15, -0.1) is 0 Å². The summed E-state index contributed by atoms with van der Waals surface area (Å²) in [6.45, 7) is 1.23. The van der Waals surface area contributed by atoms with Gasteiger partial charge in [0.2, 0.25) is 0 Å². The Kier molecular flexibility index (Phi) is 14.1. The highest BCUT2D eigenvalue weighted by Gasteiger charge is 2.46. The third kappa shape index (κ3) is 10.4. The minimum Gasteiger partial charge on any atom is -0.451 e. The Morgan fingerprint density at radius 3 is 2.18 bits per heavy atom. The lowest BCUT2D eigenvalue weighted by atomic mass is 10.0. The van der Waals surface area contributed by atoms with E-state index in [1.165, 1.54) is 0 Å². The van der Waals surface area contributed by atoms with Gasteiger partial charge in [0.05, 0.1) is 0 Å². The summed E-state index contributed by atoms with van der Waals surface area (Å²) in [5.74, 6) is -2.81. The molecule has 1 aromatic rings. The lowest BCUT2D eigenvalue weighted by Crippen LogP contribution is -2.51. The molecule has 0 aromatic heterocycles. The first-order valence-electron chi connectivity index (χ1n) is 13.4. The molecule has 1 N–H and O–H groups in total. The summed E-state index contributed by atoms with van der Waals surface area (Å²) in [7, 11) is 1.16. The molecule has 0 radical (unpaired) electrons. The first-order valence-corrected chi connectivity index (χ1v) is 13.4. The summed E-state index contributed by atoms with van der Waals surface area (Å²) in [6, 6.07) is 8.02. The van der Waals surface area contributed by atoms with Crippen LogP contribution >= 0.6 is 0 Å². The Balaban J connectivity index is 1.98. The monoisotopic (exact) mass is 545 g/mol. The van der Waals surface area contributed by atoms with Crippen LogP contribution in [0.25, 0.3) is 0 Å². The first kappa shape index (κ1) is 31.8. The van der Waals surface area contributed by atoms with Crippen LogP contribution in [0, 0.1) is 0 Å². The van der Waals surface area contributed by atoms with Gasteiger partial charge in [0.25, 0.3) is 5.91 Å². The first-order chi connectivity index (χ1) is 18.8. The number of cyclic esters (lactones) is 1. The molecule has 10 nitrogen and oxygen atoms in total. The van der Waals surface area contributed by atoms with Crippen LogP contribution in [0.2, 0.25) is 0 Å². The van der Waals surface area contributed by atoms with Crippen LogP contribution in [0.5, 0.6) is 0 Å². The molecule has 3 atom stereocenters. The van der Waals surface area contributed by atoms with Crippen molar-refractivity contribution in [3.05, 3.63) is 48.0 Å². The molecular weight excluding hydrogens is 506 g/mol. The summed E-state index contributed by atoms with van der Waals surface area (Å²) >= 11 is 0. The number of unbranched alkanes of at least 4 members (excludes halogenated alkanes) is 7. The van der Waals surface area contributed by atoms with Crippen LogP contribution in [0.15, 0.2) is 42.5 Å². The Hall–Kier alpha value is -3.37. The Bertz CT molecular complexity index is 992. The van der Waals surface area contributed by atoms with E-state index in [1.54, 1.807) is 30.3 Å². The third-order valence-corrected chi connectivity index (χ3v) is 6.41. The Morgan fingerprint density at radius 2 is 1.59 bits per heavy atom. The van der Waals surface area contributed by atoms with Crippen LogP contribution in [0.3, 0.4) is 0 Å². The number of aliphatic hydroxyl groups is 1. The maximum Gasteiger partial charge on any atom is 0.417 e. The number of hydrogen-bond donors (Lipinski definition) is 1. The van der Waals surface area contributed by atoms with E-state index in [1.807, 2.05) is 0 Å². The highest BCUT2D eigenvalue weighted by Crippen LogP contribution is 2.29. The quantitative estimate of drug-likeness (QED) is 0.166. The van der Waals surface area contributed by atoms with Crippen molar-refractivity contribution in [2.75, 3.05) is 20.3 Å². The van der Waals surface area contributed by atoms with Crippen LogP contribution in [0.4, 0.5) is 4.79 Å². The van der Waals surface area contributed by atoms with E-state index in [4.69, 9.17) is 19.3 Å². The molecule has 39 heavy (non-hydrogen) atoms. The lowest BCUT2D eigenvalue weighted by molar-refractivity contribution is -0.166. The number of amides is 2. The van der Waals surface area contributed by atoms with Crippen molar-refractivity contribution < 1.29 is 43.3 Å². The largest absolute Gasteiger partial charge is 0.451 e. The molecule has 1 aliphatic heterocycles. The molecule has 2 amide bonds. The molecule has 1 aromatic carbocycles. The van der Waals surface area contributed by atoms with Crippen molar-refractivity contribution in [3.63, 3.8) is 0 Å². The predicted molar refractivity (Wildman–Crippen MR) is 142 cm³/mol. The number of hydrogen-bond acceptors (Lipinski definition) is 9. The maximum atomic E-state index is 13.4. The van der Waals surface area contributed by atoms with Crippen LogP contribution in [-0.4, -0.2) is 72.1 Å². The van der Waals surface area contributed by atoms with Crippen molar-refractivity contribution in [1.82, 2.24) is 4.90 Å². The highest BCUT2D eigenvalue weighted by molar-refractivity contribution is 6.05. The number of aliphatic hydroxyl groups excluding tert-OH is 1. The molecule has 0 bridgehead atoms. The highest BCUT2D eigenvalue weighted by atomic mass is 16.6. The van der Waals surface area contributed by atoms with Crippen LogP contribution < -0.4 is 0 Å². The van der Waals surface area contributed by atoms with Crippen LogP contribution in [-0.2, 0) is 33.4 Å². The van der Waals surface area contributed by atoms with Gasteiger partial charge in [-0.25, -0.2) is 9.69 Å². The lowest BCUT2D eigenvalue weighted by Gasteiger charge is -2.27. The number of esters is 1. The predicted octanol–water partition coefficient (Wildman–Crippen LogP) is 3.85. The molecular formula is C29H39NO9. The SMILES string of the molecule is COC(C(=O)N1C(=O)OCC1c1ccccc1)C(OC(C)=O)C(=O)C=CC(=O)CCCCCCCCCCO. The number of allylic oxidation sites excluding steroid dienone is 1. The number of carbonyl (C=O) groups excluding carboxylic acids is 5. The number of carbonyl (C=O) groups is 5. The standard InChI is InChI=1S/C29H39NO9/c1-21(32)39-26(25(34)18-17-23(33)16-12-7-5-3-4-6-8-13-19-31)27(37-2)28(35)30-24(20-38-29(30)36)22-14-10-9-11-15-22/h9-11,14-15,17-18,24,26-27,31H,3-8,12-13,16,19-20H2,1-2H3. The van der Waals surface area contributed by atoms with E-state index < -0.39 is 42.0 Å². The molecule has 1 fully saturated rings. The molecule has 10 heteroatoms. The van der Waals surface area contributed by atoms with Gasteiger partial charge in [-0.3, -0.25) is 19.2 Å². The van der Waals surface area contributed by atoms with Crippen molar-refractivity contribution in [2.45, 2.75) is 83.0 Å². The van der Waals surface area contributed by atoms with Gasteiger partial charge in [-0.1, -0.05) is 68.9 Å². The van der Waals surface area contributed by atoms with Gasteiger partial charge >= 0.3 is 12.1 Å². The smallest absolute Gasteiger partial charge is 0.417 e. The van der Waals surface area contributed by atoms with E-state index in [2.05, 4.69) is 0 Å². The topological polar surface area (TPSA) is 137 Å².